The Kier molecular flexibility index (Phi) is 8.76. The highest BCUT2D eigenvalue weighted by Crippen LogP contribution is 1.85. The van der Waals surface area contributed by atoms with Crippen molar-refractivity contribution in [1.29, 1.82) is 5.41 Å². The lowest BCUT2D eigenvalue weighted by atomic mass is 10.3. The van der Waals surface area contributed by atoms with Crippen molar-refractivity contribution in [3.63, 3.8) is 0 Å². The molecule has 0 rings (SSSR count). The number of aliphatic hydroxyl groups excluding tert-OH is 1. The lowest BCUT2D eigenvalue weighted by molar-refractivity contribution is -0.323. The average molecular weight is 263 g/mol. The third-order valence-corrected chi connectivity index (χ3v) is 1.42. The van der Waals surface area contributed by atoms with E-state index < -0.39 is 30.4 Å². The van der Waals surface area contributed by atoms with Gasteiger partial charge in [0, 0.05) is 19.4 Å². The van der Waals surface area contributed by atoms with Crippen LogP contribution in [0.25, 0.3) is 0 Å². The maximum Gasteiger partial charge on any atom is 0.323 e. The van der Waals surface area contributed by atoms with Crippen molar-refractivity contribution in [2.75, 3.05) is 13.6 Å². The molecule has 0 aromatic carbocycles. The van der Waals surface area contributed by atoms with E-state index in [-0.39, 0.29) is 12.5 Å². The molecule has 1 unspecified atom stereocenters. The zero-order valence-corrected chi connectivity index (χ0v) is 9.45. The van der Waals surface area contributed by atoms with E-state index in [1.54, 1.807) is 0 Å². The van der Waals surface area contributed by atoms with Gasteiger partial charge < -0.3 is 40.6 Å². The molecular formula is C8H13N3O7-2. The van der Waals surface area contributed by atoms with Crippen LogP contribution >= 0.6 is 0 Å². The first kappa shape index (κ1) is 18.0. The van der Waals surface area contributed by atoms with Crippen molar-refractivity contribution in [2.24, 2.45) is 5.73 Å². The first-order chi connectivity index (χ1) is 8.07. The molecule has 0 amide bonds. The number of nitrogens with two attached hydrogens (primary N) is 1. The van der Waals surface area contributed by atoms with Crippen LogP contribution in [0.1, 0.15) is 6.42 Å². The predicted molar refractivity (Wildman–Crippen MR) is 52.8 cm³/mol. The van der Waals surface area contributed by atoms with Crippen molar-refractivity contribution in [3.05, 3.63) is 0 Å². The summed E-state index contributed by atoms with van der Waals surface area (Å²) in [6.07, 6.45) is -2.89. The smallest absolute Gasteiger partial charge is 0.323 e. The minimum Gasteiger partial charge on any atom is -0.550 e. The number of carboxylic acid groups (broad SMARTS) is 3. The number of nitrogens with one attached hydrogen (secondary N) is 1. The number of guanidine groups is 1. The van der Waals surface area contributed by atoms with Gasteiger partial charge in [0.2, 0.25) is 0 Å². The Hall–Kier alpha value is -2.36. The molecule has 0 fully saturated rings. The van der Waals surface area contributed by atoms with Crippen LogP contribution in [0.4, 0.5) is 0 Å². The number of hydrogen-bond acceptors (Lipinski definition) is 7. The van der Waals surface area contributed by atoms with E-state index in [1.807, 2.05) is 0 Å². The number of nitrogens with zero attached hydrogens (tertiary/aromatic N) is 1. The first-order valence-electron chi connectivity index (χ1n) is 4.43. The summed E-state index contributed by atoms with van der Waals surface area (Å²) in [5.41, 5.74) is 4.93. The SMILES string of the molecule is CN(CC(=O)O)C(=N)N.O=C([O-])CC(O)C(=O)[O-]. The second-order valence-electron chi connectivity index (χ2n) is 3.05. The molecule has 10 nitrogen and oxygen atoms in total. The number of carboxylic acids is 3. The van der Waals surface area contributed by atoms with Gasteiger partial charge in [0.15, 0.2) is 5.96 Å². The zero-order chi connectivity index (χ0) is 14.9. The third kappa shape index (κ3) is 11.7. The van der Waals surface area contributed by atoms with Crippen molar-refractivity contribution in [2.45, 2.75) is 12.5 Å². The number of rotatable bonds is 5. The third-order valence-electron chi connectivity index (χ3n) is 1.42. The van der Waals surface area contributed by atoms with Gasteiger partial charge >= 0.3 is 5.97 Å². The van der Waals surface area contributed by atoms with Gasteiger partial charge in [-0.2, -0.15) is 0 Å². The van der Waals surface area contributed by atoms with Crippen molar-refractivity contribution >= 4 is 23.9 Å². The maximum atomic E-state index is 9.92. The van der Waals surface area contributed by atoms with Crippen LogP contribution in [0.3, 0.4) is 0 Å². The first-order valence-corrected chi connectivity index (χ1v) is 4.43. The van der Waals surface area contributed by atoms with Crippen LogP contribution in [0.5, 0.6) is 0 Å². The van der Waals surface area contributed by atoms with Crippen LogP contribution < -0.4 is 15.9 Å². The molecule has 18 heavy (non-hydrogen) atoms. The molecule has 104 valence electrons. The molecular weight excluding hydrogens is 250 g/mol. The molecule has 0 radical (unpaired) electrons. The van der Waals surface area contributed by atoms with Crippen LogP contribution in [-0.4, -0.2) is 58.7 Å². The Labute approximate surface area is 102 Å². The van der Waals surface area contributed by atoms with Crippen molar-refractivity contribution < 1.29 is 34.8 Å². The van der Waals surface area contributed by atoms with Crippen molar-refractivity contribution in [1.82, 2.24) is 4.90 Å². The van der Waals surface area contributed by atoms with E-state index in [0.29, 0.717) is 0 Å². The average Bonchev–Trinajstić information content (AvgIpc) is 2.16. The molecule has 0 aliphatic heterocycles. The van der Waals surface area contributed by atoms with E-state index in [1.165, 1.54) is 7.05 Å². The van der Waals surface area contributed by atoms with Crippen molar-refractivity contribution in [3.8, 4) is 0 Å². The normalized spacial score (nSPS) is 10.6. The molecule has 10 heteroatoms. The molecule has 0 aliphatic carbocycles. The van der Waals surface area contributed by atoms with Crippen LogP contribution in [-0.2, 0) is 14.4 Å². The summed E-state index contributed by atoms with van der Waals surface area (Å²) in [5.74, 6) is -4.66. The second-order valence-corrected chi connectivity index (χ2v) is 3.05. The Morgan fingerprint density at radius 2 is 1.83 bits per heavy atom. The highest BCUT2D eigenvalue weighted by molar-refractivity contribution is 5.80. The second kappa shape index (κ2) is 8.75. The molecule has 5 N–H and O–H groups in total. The molecule has 0 spiro atoms. The standard InChI is InChI=1S/C4H9N3O2.C4H6O5/c1-7(4(5)6)2-3(8)9;5-2(4(8)9)1-3(6)7/h2H2,1H3,(H3,5,6)(H,8,9);2,5H,1H2,(H,6,7)(H,8,9)/p-2. The molecule has 0 aliphatic rings. The summed E-state index contributed by atoms with van der Waals surface area (Å²) < 4.78 is 0. The van der Waals surface area contributed by atoms with Gasteiger partial charge in [-0.15, -0.1) is 0 Å². The number of carbonyl (C=O) groups is 3. The van der Waals surface area contributed by atoms with E-state index in [4.69, 9.17) is 21.4 Å². The summed E-state index contributed by atoms with van der Waals surface area (Å²) in [6, 6.07) is 0. The Morgan fingerprint density at radius 3 is 1.94 bits per heavy atom. The molecule has 0 saturated carbocycles. The topological polar surface area (TPSA) is 191 Å². The number of hydrogen-bond donors (Lipinski definition) is 4. The predicted octanol–water partition coefficient (Wildman–Crippen LogP) is -4.87. The van der Waals surface area contributed by atoms with Gasteiger partial charge in [0.05, 0.1) is 12.1 Å². The lowest BCUT2D eigenvalue weighted by Crippen LogP contribution is -2.39. The monoisotopic (exact) mass is 263 g/mol. The zero-order valence-electron chi connectivity index (χ0n) is 9.45. The number of likely N-dealkylation sites (N-methyl/N-ethyl adjacent to an activating group) is 1. The fourth-order valence-corrected chi connectivity index (χ4v) is 0.529. The van der Waals surface area contributed by atoms with Gasteiger partial charge in [-0.1, -0.05) is 0 Å². The summed E-state index contributed by atoms with van der Waals surface area (Å²) >= 11 is 0. The van der Waals surface area contributed by atoms with Crippen LogP contribution in [0.2, 0.25) is 0 Å². The molecule has 1 atom stereocenters. The quantitative estimate of drug-likeness (QED) is 0.278. The summed E-state index contributed by atoms with van der Waals surface area (Å²) in [6.45, 7) is -0.227. The van der Waals surface area contributed by atoms with Gasteiger partial charge in [-0.25, -0.2) is 0 Å². The van der Waals surface area contributed by atoms with E-state index in [0.717, 1.165) is 4.90 Å². The maximum absolute atomic E-state index is 9.92. The van der Waals surface area contributed by atoms with E-state index in [9.17, 15) is 24.6 Å². The lowest BCUT2D eigenvalue weighted by Gasteiger charge is -2.12. The van der Waals surface area contributed by atoms with Gasteiger partial charge in [-0.05, 0) is 0 Å². The summed E-state index contributed by atoms with van der Waals surface area (Å²) in [4.78, 5) is 30.2. The highest BCUT2D eigenvalue weighted by Gasteiger charge is 2.03. The Balaban J connectivity index is 0. The number of aliphatic carboxylic acids is 3. The van der Waals surface area contributed by atoms with E-state index >= 15 is 0 Å². The minimum absolute atomic E-state index is 0.227. The van der Waals surface area contributed by atoms with Crippen LogP contribution in [0.15, 0.2) is 0 Å². The summed E-state index contributed by atoms with van der Waals surface area (Å²) in [5, 5.41) is 42.2. The largest absolute Gasteiger partial charge is 0.550 e. The molecule has 0 heterocycles. The number of carbonyl (C=O) groups excluding carboxylic acids is 2. The molecule has 0 bridgehead atoms. The number of aliphatic hydroxyl groups is 1. The fraction of sp³-hybridized carbons (Fsp3) is 0.500. The summed E-state index contributed by atoms with van der Waals surface area (Å²) in [7, 11) is 1.44. The van der Waals surface area contributed by atoms with E-state index in [2.05, 4.69) is 0 Å². The van der Waals surface area contributed by atoms with Gasteiger partial charge in [0.1, 0.15) is 6.54 Å². The molecule has 0 aromatic rings. The Morgan fingerprint density at radius 1 is 1.39 bits per heavy atom. The molecule has 0 saturated heterocycles. The van der Waals surface area contributed by atoms with Gasteiger partial charge in [-0.3, -0.25) is 10.2 Å². The van der Waals surface area contributed by atoms with Gasteiger partial charge in [0.25, 0.3) is 0 Å². The van der Waals surface area contributed by atoms with Crippen LogP contribution in [0, 0.1) is 5.41 Å². The minimum atomic E-state index is -1.96. The highest BCUT2D eigenvalue weighted by atomic mass is 16.4. The molecule has 0 aromatic heterocycles. The Bertz CT molecular complexity index is 299. The fourth-order valence-electron chi connectivity index (χ4n) is 0.529.